The fraction of sp³-hybridized carbons (Fsp3) is 0.281. The van der Waals surface area contributed by atoms with Gasteiger partial charge in [-0.3, -0.25) is 19.7 Å². The number of aromatic nitrogens is 1. The molecule has 0 saturated carbocycles. The number of nitrogens with zero attached hydrogens (tertiary/aromatic N) is 1. The SMILES string of the molecule is CCc1ccc2c(c1)[C@]1(N[C@H](Cc3c[nH]c4ccccc34)[C@H]3C(=O)N(c4ccc5c(c4)OCCO5)C(=O)[C@@H]31)C(=O)N2. The van der Waals surface area contributed by atoms with E-state index in [4.69, 9.17) is 9.47 Å². The first kappa shape index (κ1) is 24.2. The van der Waals surface area contributed by atoms with Gasteiger partial charge in [0.25, 0.3) is 0 Å². The van der Waals surface area contributed by atoms with Gasteiger partial charge in [0.2, 0.25) is 17.7 Å². The lowest BCUT2D eigenvalue weighted by molar-refractivity contribution is -0.130. The molecule has 3 aromatic carbocycles. The number of benzene rings is 3. The van der Waals surface area contributed by atoms with Crippen LogP contribution < -0.4 is 25.0 Å². The molecule has 2 saturated heterocycles. The van der Waals surface area contributed by atoms with Crippen molar-refractivity contribution >= 4 is 40.0 Å². The number of anilines is 2. The number of amides is 3. The standard InChI is InChI=1S/C32H28N4O5/c1-2-17-7-9-23-21(13-17)32(31(39)34-23)28-27(24(35-32)14-18-16-33-22-6-4-3-5-20(18)22)29(37)36(30(28)38)19-8-10-25-26(15-19)41-12-11-40-25/h3-10,13,15-16,24,27-28,33,35H,2,11-12,14H2,1H3,(H,34,39)/t24-,27-,28-,32-/m1/s1. The summed E-state index contributed by atoms with van der Waals surface area (Å²) in [6.45, 7) is 2.88. The molecule has 8 rings (SSSR count). The van der Waals surface area contributed by atoms with E-state index in [1.165, 1.54) is 4.90 Å². The zero-order valence-corrected chi connectivity index (χ0v) is 22.4. The maximum absolute atomic E-state index is 14.4. The second kappa shape index (κ2) is 8.68. The van der Waals surface area contributed by atoms with Crippen LogP contribution in [-0.4, -0.2) is 42.0 Å². The minimum Gasteiger partial charge on any atom is -0.486 e. The summed E-state index contributed by atoms with van der Waals surface area (Å²) in [6, 6.07) is 18.5. The quantitative estimate of drug-likeness (QED) is 0.336. The first-order chi connectivity index (χ1) is 20.0. The first-order valence-electron chi connectivity index (χ1n) is 14.0. The topological polar surface area (TPSA) is 113 Å². The number of hydrogen-bond acceptors (Lipinski definition) is 6. The Labute approximate surface area is 235 Å². The molecule has 4 aromatic rings. The maximum atomic E-state index is 14.4. The second-order valence-electron chi connectivity index (χ2n) is 11.2. The van der Waals surface area contributed by atoms with Gasteiger partial charge in [-0.2, -0.15) is 0 Å². The number of fused-ring (bicyclic) bond motifs is 6. The van der Waals surface area contributed by atoms with E-state index in [1.54, 1.807) is 18.2 Å². The van der Waals surface area contributed by atoms with Crippen molar-refractivity contribution in [2.45, 2.75) is 31.3 Å². The van der Waals surface area contributed by atoms with Crippen molar-refractivity contribution in [1.29, 1.82) is 0 Å². The summed E-state index contributed by atoms with van der Waals surface area (Å²) >= 11 is 0. The van der Waals surface area contributed by atoms with Gasteiger partial charge < -0.3 is 19.8 Å². The normalized spacial score (nSPS) is 26.1. The molecule has 9 nitrogen and oxygen atoms in total. The van der Waals surface area contributed by atoms with E-state index in [9.17, 15) is 14.4 Å². The molecule has 5 heterocycles. The van der Waals surface area contributed by atoms with Crippen LogP contribution in [-0.2, 0) is 32.8 Å². The monoisotopic (exact) mass is 548 g/mol. The van der Waals surface area contributed by atoms with Gasteiger partial charge in [-0.15, -0.1) is 0 Å². The van der Waals surface area contributed by atoms with Gasteiger partial charge in [0.1, 0.15) is 18.8 Å². The zero-order valence-electron chi connectivity index (χ0n) is 22.4. The van der Waals surface area contributed by atoms with Crippen LogP contribution in [0.5, 0.6) is 11.5 Å². The van der Waals surface area contributed by atoms with Crippen molar-refractivity contribution in [3.8, 4) is 11.5 Å². The number of carbonyl (C=O) groups excluding carboxylic acids is 3. The third-order valence-corrected chi connectivity index (χ3v) is 9.09. The van der Waals surface area contributed by atoms with Gasteiger partial charge in [-0.05, 0) is 48.2 Å². The average molecular weight is 549 g/mol. The third kappa shape index (κ3) is 3.29. The number of aromatic amines is 1. The number of para-hydroxylation sites is 1. The lowest BCUT2D eigenvalue weighted by Gasteiger charge is -2.30. The molecule has 2 fully saturated rings. The van der Waals surface area contributed by atoms with Gasteiger partial charge in [0.05, 0.1) is 17.5 Å². The summed E-state index contributed by atoms with van der Waals surface area (Å²) in [7, 11) is 0. The summed E-state index contributed by atoms with van der Waals surface area (Å²) in [5.41, 5.74) is 3.52. The van der Waals surface area contributed by atoms with Crippen LogP contribution in [0, 0.1) is 11.8 Å². The van der Waals surface area contributed by atoms with E-state index in [-0.39, 0.29) is 11.8 Å². The molecule has 41 heavy (non-hydrogen) atoms. The van der Waals surface area contributed by atoms with Crippen LogP contribution in [0.2, 0.25) is 0 Å². The highest BCUT2D eigenvalue weighted by Crippen LogP contribution is 2.54. The van der Waals surface area contributed by atoms with Gasteiger partial charge in [-0.25, -0.2) is 4.90 Å². The molecule has 0 aliphatic carbocycles. The van der Waals surface area contributed by atoms with E-state index < -0.39 is 29.3 Å². The molecule has 4 aliphatic heterocycles. The summed E-state index contributed by atoms with van der Waals surface area (Å²) in [5.74, 6) is -1.60. The minimum absolute atomic E-state index is 0.303. The van der Waals surface area contributed by atoms with E-state index in [0.29, 0.717) is 42.5 Å². The highest BCUT2D eigenvalue weighted by Gasteiger charge is 2.70. The number of imide groups is 1. The van der Waals surface area contributed by atoms with Gasteiger partial charge >= 0.3 is 0 Å². The Morgan fingerprint density at radius 3 is 2.63 bits per heavy atom. The molecule has 3 amide bonds. The Morgan fingerprint density at radius 1 is 0.951 bits per heavy atom. The second-order valence-corrected chi connectivity index (χ2v) is 11.2. The number of carbonyl (C=O) groups is 3. The zero-order chi connectivity index (χ0) is 27.9. The van der Waals surface area contributed by atoms with Crippen molar-refractivity contribution in [3.63, 3.8) is 0 Å². The van der Waals surface area contributed by atoms with Gasteiger partial charge in [-0.1, -0.05) is 37.3 Å². The molecule has 1 spiro atoms. The fourth-order valence-corrected chi connectivity index (χ4v) is 7.21. The number of rotatable bonds is 4. The smallest absolute Gasteiger partial charge is 0.250 e. The Bertz CT molecular complexity index is 1780. The molecule has 4 aliphatic rings. The number of H-pyrrole nitrogens is 1. The number of nitrogens with one attached hydrogen (secondary N) is 3. The van der Waals surface area contributed by atoms with Crippen LogP contribution in [0.1, 0.15) is 23.6 Å². The third-order valence-electron chi connectivity index (χ3n) is 9.09. The van der Waals surface area contributed by atoms with Crippen molar-refractivity contribution in [3.05, 3.63) is 83.6 Å². The predicted molar refractivity (Wildman–Crippen MR) is 152 cm³/mol. The van der Waals surface area contributed by atoms with Crippen molar-refractivity contribution in [2.75, 3.05) is 23.4 Å². The van der Waals surface area contributed by atoms with Crippen LogP contribution in [0.3, 0.4) is 0 Å². The molecule has 0 unspecified atom stereocenters. The van der Waals surface area contributed by atoms with Crippen molar-refractivity contribution < 1.29 is 23.9 Å². The average Bonchev–Trinajstić information content (AvgIpc) is 3.71. The Hall–Kier alpha value is -4.63. The van der Waals surface area contributed by atoms with E-state index in [1.807, 2.05) is 48.7 Å². The van der Waals surface area contributed by atoms with Gasteiger partial charge in [0, 0.05) is 40.5 Å². The molecule has 3 N–H and O–H groups in total. The Kier molecular flexibility index (Phi) is 5.12. The summed E-state index contributed by atoms with van der Waals surface area (Å²) in [4.78, 5) is 47.2. The maximum Gasteiger partial charge on any atom is 0.250 e. The van der Waals surface area contributed by atoms with Gasteiger partial charge in [0.15, 0.2) is 11.5 Å². The van der Waals surface area contributed by atoms with Crippen LogP contribution in [0.15, 0.2) is 66.9 Å². The lowest BCUT2D eigenvalue weighted by Crippen LogP contribution is -2.53. The molecular formula is C32H28N4O5. The van der Waals surface area contributed by atoms with E-state index in [2.05, 4.69) is 22.5 Å². The van der Waals surface area contributed by atoms with E-state index >= 15 is 0 Å². The lowest BCUT2D eigenvalue weighted by atomic mass is 9.76. The first-order valence-corrected chi connectivity index (χ1v) is 14.0. The molecule has 9 heteroatoms. The summed E-state index contributed by atoms with van der Waals surface area (Å²) in [6.07, 6.45) is 3.20. The minimum atomic E-state index is -1.36. The Morgan fingerprint density at radius 2 is 1.78 bits per heavy atom. The van der Waals surface area contributed by atoms with Crippen molar-refractivity contribution in [1.82, 2.24) is 10.3 Å². The highest BCUT2D eigenvalue weighted by atomic mass is 16.6. The van der Waals surface area contributed by atoms with Crippen molar-refractivity contribution in [2.24, 2.45) is 11.8 Å². The Balaban J connectivity index is 1.27. The number of aryl methyl sites for hydroxylation is 1. The van der Waals surface area contributed by atoms with Crippen LogP contribution >= 0.6 is 0 Å². The molecule has 0 bridgehead atoms. The molecule has 4 atom stereocenters. The van der Waals surface area contributed by atoms with E-state index in [0.717, 1.165) is 34.0 Å². The van der Waals surface area contributed by atoms with Crippen LogP contribution in [0.4, 0.5) is 11.4 Å². The highest BCUT2D eigenvalue weighted by molar-refractivity contribution is 6.26. The molecule has 1 aromatic heterocycles. The van der Waals surface area contributed by atoms with Crippen LogP contribution in [0.25, 0.3) is 10.9 Å². The summed E-state index contributed by atoms with van der Waals surface area (Å²) < 4.78 is 11.4. The fourth-order valence-electron chi connectivity index (χ4n) is 7.21. The number of ether oxygens (including phenoxy) is 2. The molecular weight excluding hydrogens is 520 g/mol. The summed E-state index contributed by atoms with van der Waals surface area (Å²) in [5, 5.41) is 7.63. The molecule has 0 radical (unpaired) electrons. The predicted octanol–water partition coefficient (Wildman–Crippen LogP) is 3.67. The number of hydrogen-bond donors (Lipinski definition) is 3. The molecule has 206 valence electrons. The largest absolute Gasteiger partial charge is 0.486 e.